The Bertz CT molecular complexity index is 713. The molecule has 1 heterocycles. The number of fused-ring (bicyclic) bond motifs is 1. The van der Waals surface area contributed by atoms with E-state index in [0.717, 1.165) is 5.57 Å². The summed E-state index contributed by atoms with van der Waals surface area (Å²) >= 11 is 0. The van der Waals surface area contributed by atoms with Crippen molar-refractivity contribution >= 4 is 29.2 Å². The molecule has 0 aliphatic carbocycles. The van der Waals surface area contributed by atoms with Crippen molar-refractivity contribution in [3.05, 3.63) is 30.4 Å². The summed E-state index contributed by atoms with van der Waals surface area (Å²) in [5.41, 5.74) is 1.87. The van der Waals surface area contributed by atoms with Crippen LogP contribution >= 0.6 is 0 Å². The third-order valence-electron chi connectivity index (χ3n) is 3.71. The van der Waals surface area contributed by atoms with Gasteiger partial charge in [0.25, 0.3) is 5.91 Å². The number of carbonyl (C=O) groups excluding carboxylic acids is 2. The van der Waals surface area contributed by atoms with Crippen LogP contribution in [-0.4, -0.2) is 35.5 Å². The molecule has 7 nitrogen and oxygen atoms in total. The highest BCUT2D eigenvalue weighted by atomic mass is 16.5. The third kappa shape index (κ3) is 4.59. The molecule has 0 spiro atoms. The van der Waals surface area contributed by atoms with E-state index in [2.05, 4.69) is 11.9 Å². The number of hydrogen-bond donors (Lipinski definition) is 2. The van der Waals surface area contributed by atoms with E-state index in [0.29, 0.717) is 30.1 Å². The van der Waals surface area contributed by atoms with Crippen LogP contribution in [0.2, 0.25) is 0 Å². The van der Waals surface area contributed by atoms with Crippen molar-refractivity contribution < 1.29 is 24.2 Å². The molecule has 7 heteroatoms. The SMILES string of the molecule is C=C(C)CN1C(=O)C(CC)Oc2ccc(NC(=O)CCC(=O)O)cc21. The Balaban J connectivity index is 2.25. The number of anilines is 2. The number of carboxylic acids is 1. The monoisotopic (exact) mass is 346 g/mol. The van der Waals surface area contributed by atoms with E-state index < -0.39 is 18.0 Å². The average Bonchev–Trinajstić information content (AvgIpc) is 2.55. The molecule has 1 atom stereocenters. The van der Waals surface area contributed by atoms with Crippen molar-refractivity contribution in [1.82, 2.24) is 0 Å². The summed E-state index contributed by atoms with van der Waals surface area (Å²) in [6, 6.07) is 5.02. The van der Waals surface area contributed by atoms with E-state index in [1.807, 2.05) is 13.8 Å². The van der Waals surface area contributed by atoms with Crippen LogP contribution in [0.15, 0.2) is 30.4 Å². The van der Waals surface area contributed by atoms with E-state index in [1.54, 1.807) is 23.1 Å². The van der Waals surface area contributed by atoms with Gasteiger partial charge in [0.2, 0.25) is 5.91 Å². The number of rotatable bonds is 7. The number of amides is 2. The number of benzene rings is 1. The fourth-order valence-corrected chi connectivity index (χ4v) is 2.54. The van der Waals surface area contributed by atoms with Gasteiger partial charge in [-0.05, 0) is 31.5 Å². The molecule has 0 aromatic heterocycles. The Labute approximate surface area is 146 Å². The smallest absolute Gasteiger partial charge is 0.303 e. The summed E-state index contributed by atoms with van der Waals surface area (Å²) in [6.07, 6.45) is -0.338. The van der Waals surface area contributed by atoms with Crippen LogP contribution in [0.25, 0.3) is 0 Å². The summed E-state index contributed by atoms with van der Waals surface area (Å²) in [5.74, 6) is -1.01. The van der Waals surface area contributed by atoms with Crippen LogP contribution in [0.5, 0.6) is 5.75 Å². The molecule has 1 unspecified atom stereocenters. The molecule has 0 fully saturated rings. The predicted octanol–water partition coefficient (Wildman–Crippen LogP) is 2.57. The summed E-state index contributed by atoms with van der Waals surface area (Å²) in [6.45, 7) is 7.94. The second-order valence-electron chi connectivity index (χ2n) is 6.02. The van der Waals surface area contributed by atoms with Crippen molar-refractivity contribution in [1.29, 1.82) is 0 Å². The van der Waals surface area contributed by atoms with Gasteiger partial charge >= 0.3 is 5.97 Å². The zero-order valence-corrected chi connectivity index (χ0v) is 14.4. The molecule has 134 valence electrons. The Hall–Kier alpha value is -2.83. The number of nitrogens with zero attached hydrogens (tertiary/aromatic N) is 1. The van der Waals surface area contributed by atoms with Gasteiger partial charge in [-0.25, -0.2) is 0 Å². The molecular formula is C18H22N2O5. The minimum Gasteiger partial charge on any atom is -0.481 e. The lowest BCUT2D eigenvalue weighted by Crippen LogP contribution is -2.46. The molecule has 1 aromatic rings. The molecule has 0 radical (unpaired) electrons. The van der Waals surface area contributed by atoms with Gasteiger partial charge in [-0.15, -0.1) is 0 Å². The largest absolute Gasteiger partial charge is 0.481 e. The first-order valence-corrected chi connectivity index (χ1v) is 8.10. The van der Waals surface area contributed by atoms with Crippen molar-refractivity contribution in [3.63, 3.8) is 0 Å². The first-order valence-electron chi connectivity index (χ1n) is 8.10. The molecule has 2 rings (SSSR count). The van der Waals surface area contributed by atoms with Crippen LogP contribution in [0, 0.1) is 0 Å². The summed E-state index contributed by atoms with van der Waals surface area (Å²) < 4.78 is 5.73. The van der Waals surface area contributed by atoms with E-state index in [1.165, 1.54) is 0 Å². The maximum Gasteiger partial charge on any atom is 0.303 e. The first-order chi connectivity index (χ1) is 11.8. The topological polar surface area (TPSA) is 95.9 Å². The minimum absolute atomic E-state index is 0.116. The lowest BCUT2D eigenvalue weighted by atomic mass is 10.1. The van der Waals surface area contributed by atoms with Crippen molar-refractivity contribution in [2.24, 2.45) is 0 Å². The zero-order valence-electron chi connectivity index (χ0n) is 14.4. The second kappa shape index (κ2) is 7.83. The summed E-state index contributed by atoms with van der Waals surface area (Å²) in [5, 5.41) is 11.3. The molecule has 1 aliphatic heterocycles. The molecule has 1 aromatic carbocycles. The quantitative estimate of drug-likeness (QED) is 0.740. The molecule has 0 saturated heterocycles. The van der Waals surface area contributed by atoms with Crippen molar-refractivity contribution in [3.8, 4) is 5.75 Å². The van der Waals surface area contributed by atoms with E-state index >= 15 is 0 Å². The number of ether oxygens (including phenoxy) is 1. The molecule has 1 aliphatic rings. The molecule has 2 amide bonds. The minimum atomic E-state index is -1.03. The molecule has 25 heavy (non-hydrogen) atoms. The number of carboxylic acid groups (broad SMARTS) is 1. The molecular weight excluding hydrogens is 324 g/mol. The second-order valence-corrected chi connectivity index (χ2v) is 6.02. The van der Waals surface area contributed by atoms with Gasteiger partial charge in [0.1, 0.15) is 5.75 Å². The Morgan fingerprint density at radius 2 is 2.08 bits per heavy atom. The van der Waals surface area contributed by atoms with Crippen molar-refractivity contribution in [2.45, 2.75) is 39.2 Å². The normalized spacial score (nSPS) is 16.0. The van der Waals surface area contributed by atoms with Gasteiger partial charge in [0.15, 0.2) is 6.10 Å². The fraction of sp³-hybridized carbons (Fsp3) is 0.389. The highest BCUT2D eigenvalue weighted by Gasteiger charge is 2.33. The lowest BCUT2D eigenvalue weighted by molar-refractivity contribution is -0.138. The van der Waals surface area contributed by atoms with E-state index in [-0.39, 0.29) is 18.7 Å². The Morgan fingerprint density at radius 1 is 1.36 bits per heavy atom. The number of nitrogens with one attached hydrogen (secondary N) is 1. The lowest BCUT2D eigenvalue weighted by Gasteiger charge is -2.34. The van der Waals surface area contributed by atoms with E-state index in [4.69, 9.17) is 9.84 Å². The standard InChI is InChI=1S/C18H22N2O5/c1-4-14-18(24)20(10-11(2)3)13-9-12(5-6-15(13)25-14)19-16(21)7-8-17(22)23/h5-6,9,14H,2,4,7-8,10H2,1,3H3,(H,19,21)(H,22,23). The van der Waals surface area contributed by atoms with Gasteiger partial charge in [0.05, 0.1) is 12.1 Å². The van der Waals surface area contributed by atoms with Crippen LogP contribution in [-0.2, 0) is 14.4 Å². The molecule has 0 bridgehead atoms. The van der Waals surface area contributed by atoms with Crippen LogP contribution in [0.4, 0.5) is 11.4 Å². The van der Waals surface area contributed by atoms with Gasteiger partial charge in [-0.3, -0.25) is 14.4 Å². The first kappa shape index (κ1) is 18.5. The highest BCUT2D eigenvalue weighted by Crippen LogP contribution is 2.37. The Kier molecular flexibility index (Phi) is 5.80. The summed E-state index contributed by atoms with van der Waals surface area (Å²) in [4.78, 5) is 36.5. The maximum atomic E-state index is 12.6. The summed E-state index contributed by atoms with van der Waals surface area (Å²) in [7, 11) is 0. The fourth-order valence-electron chi connectivity index (χ4n) is 2.54. The van der Waals surface area contributed by atoms with E-state index in [9.17, 15) is 14.4 Å². The molecule has 0 saturated carbocycles. The maximum absolute atomic E-state index is 12.6. The zero-order chi connectivity index (χ0) is 18.6. The highest BCUT2D eigenvalue weighted by molar-refractivity contribution is 6.01. The van der Waals surface area contributed by atoms with Crippen molar-refractivity contribution in [2.75, 3.05) is 16.8 Å². The average molecular weight is 346 g/mol. The van der Waals surface area contributed by atoms with Gasteiger partial charge in [-0.1, -0.05) is 19.1 Å². The van der Waals surface area contributed by atoms with Crippen LogP contribution in [0.1, 0.15) is 33.1 Å². The van der Waals surface area contributed by atoms with Crippen LogP contribution < -0.4 is 15.0 Å². The van der Waals surface area contributed by atoms with Gasteiger partial charge in [0, 0.05) is 18.7 Å². The number of carbonyl (C=O) groups is 3. The van der Waals surface area contributed by atoms with Gasteiger partial charge < -0.3 is 20.1 Å². The number of aliphatic carboxylic acids is 1. The number of hydrogen-bond acceptors (Lipinski definition) is 4. The van der Waals surface area contributed by atoms with Crippen LogP contribution in [0.3, 0.4) is 0 Å². The predicted molar refractivity (Wildman–Crippen MR) is 93.8 cm³/mol. The Morgan fingerprint density at radius 3 is 2.68 bits per heavy atom. The van der Waals surface area contributed by atoms with Gasteiger partial charge in [-0.2, -0.15) is 0 Å². The molecule has 2 N–H and O–H groups in total. The third-order valence-corrected chi connectivity index (χ3v) is 3.71.